The molecule has 5 nitrogen and oxygen atoms in total. The third kappa shape index (κ3) is 2.98. The van der Waals surface area contributed by atoms with Crippen LogP contribution in [0.1, 0.15) is 0 Å². The Morgan fingerprint density at radius 2 is 1.61 bits per heavy atom. The summed E-state index contributed by atoms with van der Waals surface area (Å²) in [4.78, 5) is 4.10. The Morgan fingerprint density at radius 1 is 1.00 bits per heavy atom. The van der Waals surface area contributed by atoms with Gasteiger partial charge in [-0.2, -0.15) is 4.98 Å². The minimum absolute atomic E-state index is 0.0997. The lowest BCUT2D eigenvalue weighted by Gasteiger charge is -1.99. The van der Waals surface area contributed by atoms with Gasteiger partial charge in [-0.3, -0.25) is 0 Å². The van der Waals surface area contributed by atoms with Crippen LogP contribution in [0, 0.1) is 11.6 Å². The first-order valence-electron chi connectivity index (χ1n) is 6.45. The monoisotopic (exact) mass is 336 g/mol. The van der Waals surface area contributed by atoms with Crippen LogP contribution in [0.2, 0.25) is 0 Å². The lowest BCUT2D eigenvalue weighted by molar-refractivity contribution is 0.426. The first kappa shape index (κ1) is 15.3. The zero-order chi connectivity index (χ0) is 16.6. The third-order valence-corrected chi connectivity index (χ3v) is 4.27. The highest BCUT2D eigenvalue weighted by molar-refractivity contribution is 7.90. The van der Waals surface area contributed by atoms with E-state index in [0.29, 0.717) is 5.56 Å². The van der Waals surface area contributed by atoms with E-state index in [4.69, 9.17) is 4.52 Å². The van der Waals surface area contributed by atoms with Crippen molar-refractivity contribution in [2.75, 3.05) is 6.26 Å². The molecule has 23 heavy (non-hydrogen) atoms. The summed E-state index contributed by atoms with van der Waals surface area (Å²) >= 11 is 0. The standard InChI is InChI=1S/C15H10F2N2O3S/c1-23(20,21)10-7-5-9(6-8-10)14-18-15(22-19-14)13-11(16)3-2-4-12(13)17/h2-8H,1H3. The van der Waals surface area contributed by atoms with Crippen molar-refractivity contribution in [3.63, 3.8) is 0 Å². The van der Waals surface area contributed by atoms with Crippen molar-refractivity contribution in [3.8, 4) is 22.8 Å². The molecule has 0 aliphatic rings. The highest BCUT2D eigenvalue weighted by atomic mass is 32.2. The third-order valence-electron chi connectivity index (χ3n) is 3.14. The second-order valence-corrected chi connectivity index (χ2v) is 6.83. The second kappa shape index (κ2) is 5.54. The average Bonchev–Trinajstić information content (AvgIpc) is 2.96. The molecule has 0 bridgehead atoms. The van der Waals surface area contributed by atoms with Gasteiger partial charge in [0.1, 0.15) is 17.2 Å². The molecule has 0 spiro atoms. The van der Waals surface area contributed by atoms with Crippen molar-refractivity contribution in [3.05, 3.63) is 54.1 Å². The van der Waals surface area contributed by atoms with E-state index in [1.807, 2.05) is 0 Å². The molecule has 1 aromatic heterocycles. The maximum Gasteiger partial charge on any atom is 0.264 e. The summed E-state index contributed by atoms with van der Waals surface area (Å²) in [6.45, 7) is 0. The van der Waals surface area contributed by atoms with Crippen molar-refractivity contribution >= 4 is 9.84 Å². The number of nitrogens with zero attached hydrogens (tertiary/aromatic N) is 2. The normalized spacial score (nSPS) is 11.6. The van der Waals surface area contributed by atoms with Gasteiger partial charge in [-0.15, -0.1) is 0 Å². The number of hydrogen-bond donors (Lipinski definition) is 0. The Labute approximate surface area is 130 Å². The molecule has 0 saturated heterocycles. The van der Waals surface area contributed by atoms with Crippen molar-refractivity contribution < 1.29 is 21.7 Å². The molecule has 0 fully saturated rings. The second-order valence-electron chi connectivity index (χ2n) is 4.82. The van der Waals surface area contributed by atoms with E-state index in [1.54, 1.807) is 0 Å². The summed E-state index contributed by atoms with van der Waals surface area (Å²) in [5.74, 6) is -1.81. The summed E-state index contributed by atoms with van der Waals surface area (Å²) in [5.41, 5.74) is 0.0585. The SMILES string of the molecule is CS(=O)(=O)c1ccc(-c2noc(-c3c(F)cccc3F)n2)cc1. The Bertz CT molecular complexity index is 946. The van der Waals surface area contributed by atoms with E-state index >= 15 is 0 Å². The molecule has 0 aliphatic carbocycles. The van der Waals surface area contributed by atoms with Crippen LogP contribution in [-0.2, 0) is 9.84 Å². The molecule has 3 rings (SSSR count). The van der Waals surface area contributed by atoms with E-state index in [1.165, 1.54) is 30.3 Å². The lowest BCUT2D eigenvalue weighted by Crippen LogP contribution is -1.96. The van der Waals surface area contributed by atoms with Gasteiger partial charge >= 0.3 is 0 Å². The van der Waals surface area contributed by atoms with Gasteiger partial charge in [0.15, 0.2) is 9.84 Å². The van der Waals surface area contributed by atoms with Crippen LogP contribution in [0.15, 0.2) is 51.9 Å². The van der Waals surface area contributed by atoms with Gasteiger partial charge in [0.05, 0.1) is 4.90 Å². The van der Waals surface area contributed by atoms with Gasteiger partial charge in [-0.05, 0) is 36.4 Å². The van der Waals surface area contributed by atoms with Crippen molar-refractivity contribution in [1.82, 2.24) is 10.1 Å². The van der Waals surface area contributed by atoms with E-state index in [9.17, 15) is 17.2 Å². The number of halogens is 2. The Morgan fingerprint density at radius 3 is 2.17 bits per heavy atom. The fraction of sp³-hybridized carbons (Fsp3) is 0.0667. The van der Waals surface area contributed by atoms with Crippen LogP contribution >= 0.6 is 0 Å². The van der Waals surface area contributed by atoms with E-state index < -0.39 is 27.0 Å². The van der Waals surface area contributed by atoms with Crippen LogP contribution in [0.4, 0.5) is 8.78 Å². The van der Waals surface area contributed by atoms with E-state index in [0.717, 1.165) is 18.4 Å². The van der Waals surface area contributed by atoms with Crippen LogP contribution in [0.5, 0.6) is 0 Å². The van der Waals surface area contributed by atoms with Gasteiger partial charge in [0, 0.05) is 11.8 Å². The number of aromatic nitrogens is 2. The van der Waals surface area contributed by atoms with Gasteiger partial charge in [0.25, 0.3) is 5.89 Å². The molecule has 0 saturated carbocycles. The zero-order valence-electron chi connectivity index (χ0n) is 11.8. The average molecular weight is 336 g/mol. The molecule has 8 heteroatoms. The van der Waals surface area contributed by atoms with Gasteiger partial charge < -0.3 is 4.52 Å². The van der Waals surface area contributed by atoms with Crippen molar-refractivity contribution in [1.29, 1.82) is 0 Å². The zero-order valence-corrected chi connectivity index (χ0v) is 12.6. The predicted octanol–water partition coefficient (Wildman–Crippen LogP) is 3.09. The van der Waals surface area contributed by atoms with Crippen molar-refractivity contribution in [2.24, 2.45) is 0 Å². The first-order valence-corrected chi connectivity index (χ1v) is 8.34. The number of hydrogen-bond acceptors (Lipinski definition) is 5. The predicted molar refractivity (Wildman–Crippen MR) is 78.2 cm³/mol. The summed E-state index contributed by atoms with van der Waals surface area (Å²) < 4.78 is 55.1. The highest BCUT2D eigenvalue weighted by Gasteiger charge is 2.18. The van der Waals surface area contributed by atoms with Crippen LogP contribution < -0.4 is 0 Å². The number of benzene rings is 2. The Balaban J connectivity index is 2.00. The first-order chi connectivity index (χ1) is 10.9. The summed E-state index contributed by atoms with van der Waals surface area (Å²) in [6, 6.07) is 9.17. The maximum absolute atomic E-state index is 13.7. The van der Waals surface area contributed by atoms with Crippen LogP contribution in [0.25, 0.3) is 22.8 Å². The molecule has 0 unspecified atom stereocenters. The smallest absolute Gasteiger partial charge is 0.264 e. The molecule has 0 N–H and O–H groups in total. The van der Waals surface area contributed by atoms with Crippen molar-refractivity contribution in [2.45, 2.75) is 4.90 Å². The molecule has 2 aromatic carbocycles. The summed E-state index contributed by atoms with van der Waals surface area (Å²) in [7, 11) is -3.31. The van der Waals surface area contributed by atoms with E-state index in [-0.39, 0.29) is 16.6 Å². The topological polar surface area (TPSA) is 73.1 Å². The van der Waals surface area contributed by atoms with E-state index in [2.05, 4.69) is 10.1 Å². The fourth-order valence-corrected chi connectivity index (χ4v) is 2.63. The lowest BCUT2D eigenvalue weighted by atomic mass is 10.2. The molecule has 0 atom stereocenters. The largest absolute Gasteiger partial charge is 0.333 e. The molecule has 3 aromatic rings. The quantitative estimate of drug-likeness (QED) is 0.735. The van der Waals surface area contributed by atoms with Gasteiger partial charge in [-0.25, -0.2) is 17.2 Å². The number of sulfone groups is 1. The van der Waals surface area contributed by atoms with Crippen LogP contribution in [-0.4, -0.2) is 24.8 Å². The van der Waals surface area contributed by atoms with Crippen LogP contribution in [0.3, 0.4) is 0 Å². The summed E-state index contributed by atoms with van der Waals surface area (Å²) in [5, 5.41) is 3.67. The molecule has 0 amide bonds. The number of rotatable bonds is 3. The molecular formula is C15H10F2N2O3S. The Hall–Kier alpha value is -2.61. The summed E-state index contributed by atoms with van der Waals surface area (Å²) in [6.07, 6.45) is 1.09. The molecule has 0 radical (unpaired) electrons. The molecular weight excluding hydrogens is 326 g/mol. The minimum atomic E-state index is -3.31. The minimum Gasteiger partial charge on any atom is -0.333 e. The highest BCUT2D eigenvalue weighted by Crippen LogP contribution is 2.27. The van der Waals surface area contributed by atoms with Gasteiger partial charge in [-0.1, -0.05) is 11.2 Å². The molecule has 1 heterocycles. The molecule has 118 valence electrons. The maximum atomic E-state index is 13.7. The van der Waals surface area contributed by atoms with Gasteiger partial charge in [0.2, 0.25) is 5.82 Å². The molecule has 0 aliphatic heterocycles. The fourth-order valence-electron chi connectivity index (χ4n) is 2.00. The Kier molecular flexibility index (Phi) is 3.69.